The summed E-state index contributed by atoms with van der Waals surface area (Å²) in [5, 5.41) is 5.19. The van der Waals surface area contributed by atoms with Crippen LogP contribution >= 0.6 is 0 Å². The SMILES string of the molecule is CC(C)(C)OC(=O)NCC1CCC(C(=O)OC(C)(C)C2CC[NH2+]CC2)CC1. The first-order valence-corrected chi connectivity index (χ1v) is 10.6. The van der Waals surface area contributed by atoms with E-state index in [4.69, 9.17) is 9.47 Å². The van der Waals surface area contributed by atoms with Gasteiger partial charge in [-0.05, 0) is 66.2 Å². The van der Waals surface area contributed by atoms with Gasteiger partial charge in [0.2, 0.25) is 0 Å². The molecule has 1 heterocycles. The molecule has 3 N–H and O–H groups in total. The quantitative estimate of drug-likeness (QED) is 0.715. The van der Waals surface area contributed by atoms with Crippen LogP contribution in [0.1, 0.15) is 73.1 Å². The van der Waals surface area contributed by atoms with Gasteiger partial charge in [0.1, 0.15) is 11.2 Å². The molecule has 0 bridgehead atoms. The lowest BCUT2D eigenvalue weighted by molar-refractivity contribution is -0.665. The van der Waals surface area contributed by atoms with Crippen molar-refractivity contribution in [2.75, 3.05) is 19.6 Å². The Bertz CT molecular complexity index is 499. The highest BCUT2D eigenvalue weighted by Crippen LogP contribution is 2.33. The number of nitrogens with two attached hydrogens (primary N) is 1. The number of hydrogen-bond donors (Lipinski definition) is 2. The van der Waals surface area contributed by atoms with Gasteiger partial charge in [-0.15, -0.1) is 0 Å². The maximum atomic E-state index is 12.7. The molecule has 0 atom stereocenters. The highest BCUT2D eigenvalue weighted by Gasteiger charge is 2.37. The van der Waals surface area contributed by atoms with Gasteiger partial charge in [0, 0.05) is 25.3 Å². The van der Waals surface area contributed by atoms with Crippen LogP contribution in [0.15, 0.2) is 0 Å². The molecule has 0 aromatic heterocycles. The van der Waals surface area contributed by atoms with Crippen molar-refractivity contribution >= 4 is 12.1 Å². The van der Waals surface area contributed by atoms with Crippen molar-refractivity contribution in [3.8, 4) is 0 Å². The number of ether oxygens (including phenoxy) is 2. The van der Waals surface area contributed by atoms with Gasteiger partial charge in [0.05, 0.1) is 19.0 Å². The molecular formula is C21H39N2O4+. The molecule has 0 aromatic carbocycles. The molecule has 6 heteroatoms. The molecule has 1 aliphatic heterocycles. The summed E-state index contributed by atoms with van der Waals surface area (Å²) < 4.78 is 11.2. The topological polar surface area (TPSA) is 81.2 Å². The summed E-state index contributed by atoms with van der Waals surface area (Å²) in [7, 11) is 0. The molecule has 0 aromatic rings. The molecule has 1 saturated heterocycles. The zero-order valence-corrected chi connectivity index (χ0v) is 17.8. The molecular weight excluding hydrogens is 344 g/mol. The number of esters is 1. The summed E-state index contributed by atoms with van der Waals surface area (Å²) in [5.41, 5.74) is -0.852. The van der Waals surface area contributed by atoms with E-state index in [-0.39, 0.29) is 23.6 Å². The second kappa shape index (κ2) is 9.26. The van der Waals surface area contributed by atoms with Crippen molar-refractivity contribution in [2.24, 2.45) is 17.8 Å². The van der Waals surface area contributed by atoms with Crippen molar-refractivity contribution in [1.82, 2.24) is 5.32 Å². The summed E-state index contributed by atoms with van der Waals surface area (Å²) in [5.74, 6) is 0.828. The Morgan fingerprint density at radius 3 is 2.07 bits per heavy atom. The average Bonchev–Trinajstić information content (AvgIpc) is 2.59. The van der Waals surface area contributed by atoms with E-state index in [1.807, 2.05) is 20.8 Å². The molecule has 156 valence electrons. The molecule has 6 nitrogen and oxygen atoms in total. The largest absolute Gasteiger partial charge is 0.459 e. The monoisotopic (exact) mass is 383 g/mol. The van der Waals surface area contributed by atoms with Crippen LogP contribution in [-0.2, 0) is 14.3 Å². The molecule has 1 amide bonds. The molecule has 0 unspecified atom stereocenters. The van der Waals surface area contributed by atoms with Crippen molar-refractivity contribution in [1.29, 1.82) is 0 Å². The Morgan fingerprint density at radius 1 is 0.926 bits per heavy atom. The Kier molecular flexibility index (Phi) is 7.55. The zero-order valence-electron chi connectivity index (χ0n) is 17.8. The van der Waals surface area contributed by atoms with E-state index < -0.39 is 5.60 Å². The van der Waals surface area contributed by atoms with E-state index in [9.17, 15) is 9.59 Å². The minimum atomic E-state index is -0.478. The summed E-state index contributed by atoms with van der Waals surface area (Å²) in [6.07, 6.45) is 5.42. The van der Waals surface area contributed by atoms with Gasteiger partial charge in [-0.25, -0.2) is 4.79 Å². The smallest absolute Gasteiger partial charge is 0.407 e. The molecule has 1 saturated carbocycles. The Morgan fingerprint density at radius 2 is 1.52 bits per heavy atom. The highest BCUT2D eigenvalue weighted by atomic mass is 16.6. The van der Waals surface area contributed by atoms with Crippen LogP contribution in [-0.4, -0.2) is 42.9 Å². The van der Waals surface area contributed by atoms with Gasteiger partial charge in [0.15, 0.2) is 0 Å². The second-order valence-electron chi connectivity index (χ2n) is 9.77. The van der Waals surface area contributed by atoms with Crippen LogP contribution in [0.3, 0.4) is 0 Å². The van der Waals surface area contributed by atoms with E-state index in [0.717, 1.165) is 51.6 Å². The number of piperidine rings is 1. The van der Waals surface area contributed by atoms with Gasteiger partial charge in [-0.3, -0.25) is 4.79 Å². The standard InChI is InChI=1S/C21H38N2O4/c1-20(2,3)27-19(25)23-14-15-6-8-16(9-7-15)18(24)26-21(4,5)17-10-12-22-13-11-17/h15-17,22H,6-14H2,1-5H3,(H,23,25)/p+1. The zero-order chi connectivity index (χ0) is 20.1. The van der Waals surface area contributed by atoms with Gasteiger partial charge in [-0.1, -0.05) is 0 Å². The van der Waals surface area contributed by atoms with Crippen molar-refractivity contribution in [2.45, 2.75) is 84.3 Å². The fourth-order valence-corrected chi connectivity index (χ4v) is 4.19. The van der Waals surface area contributed by atoms with Crippen molar-refractivity contribution in [3.05, 3.63) is 0 Å². The molecule has 1 aliphatic carbocycles. The maximum absolute atomic E-state index is 12.7. The second-order valence-corrected chi connectivity index (χ2v) is 9.77. The molecule has 2 fully saturated rings. The highest BCUT2D eigenvalue weighted by molar-refractivity contribution is 5.73. The summed E-state index contributed by atoms with van der Waals surface area (Å²) >= 11 is 0. The fourth-order valence-electron chi connectivity index (χ4n) is 4.19. The van der Waals surface area contributed by atoms with Crippen LogP contribution in [0.2, 0.25) is 0 Å². The normalized spacial score (nSPS) is 24.9. The number of quaternary nitrogens is 1. The fraction of sp³-hybridized carbons (Fsp3) is 0.905. The molecule has 2 rings (SSSR count). The maximum Gasteiger partial charge on any atom is 0.407 e. The van der Waals surface area contributed by atoms with Crippen LogP contribution in [0.5, 0.6) is 0 Å². The van der Waals surface area contributed by atoms with Crippen LogP contribution in [0, 0.1) is 17.8 Å². The van der Waals surface area contributed by atoms with Crippen LogP contribution in [0.4, 0.5) is 4.79 Å². The van der Waals surface area contributed by atoms with E-state index in [0.29, 0.717) is 18.4 Å². The van der Waals surface area contributed by atoms with Gasteiger partial charge in [-0.2, -0.15) is 0 Å². The van der Waals surface area contributed by atoms with E-state index >= 15 is 0 Å². The minimum absolute atomic E-state index is 0.00259. The third kappa shape index (κ3) is 7.32. The Labute approximate surface area is 164 Å². The summed E-state index contributed by atoms with van der Waals surface area (Å²) in [6, 6.07) is 0. The van der Waals surface area contributed by atoms with Gasteiger partial charge in [0.25, 0.3) is 0 Å². The molecule has 0 radical (unpaired) electrons. The lowest BCUT2D eigenvalue weighted by Gasteiger charge is -2.37. The first-order chi connectivity index (χ1) is 12.6. The van der Waals surface area contributed by atoms with Crippen LogP contribution in [0.25, 0.3) is 0 Å². The molecule has 2 aliphatic rings. The first-order valence-electron chi connectivity index (χ1n) is 10.6. The van der Waals surface area contributed by atoms with Gasteiger partial charge >= 0.3 is 12.1 Å². The lowest BCUT2D eigenvalue weighted by atomic mass is 9.81. The third-order valence-electron chi connectivity index (χ3n) is 5.90. The summed E-state index contributed by atoms with van der Waals surface area (Å²) in [4.78, 5) is 24.4. The first kappa shape index (κ1) is 22.0. The Balaban J connectivity index is 1.71. The predicted octanol–water partition coefficient (Wildman–Crippen LogP) is 2.61. The number of rotatable bonds is 5. The van der Waals surface area contributed by atoms with E-state index in [1.54, 1.807) is 0 Å². The third-order valence-corrected chi connectivity index (χ3v) is 5.90. The number of carbonyl (C=O) groups excluding carboxylic acids is 2. The van der Waals surface area contributed by atoms with E-state index in [2.05, 4.69) is 24.5 Å². The predicted molar refractivity (Wildman–Crippen MR) is 104 cm³/mol. The summed E-state index contributed by atoms with van der Waals surface area (Å²) in [6.45, 7) is 12.6. The number of carbonyl (C=O) groups is 2. The van der Waals surface area contributed by atoms with Crippen molar-refractivity contribution < 1.29 is 24.4 Å². The number of alkyl carbamates (subject to hydrolysis) is 1. The molecule has 0 spiro atoms. The number of hydrogen-bond acceptors (Lipinski definition) is 4. The number of nitrogens with one attached hydrogen (secondary N) is 1. The Hall–Kier alpha value is -1.30. The van der Waals surface area contributed by atoms with Crippen LogP contribution < -0.4 is 10.6 Å². The van der Waals surface area contributed by atoms with E-state index in [1.165, 1.54) is 0 Å². The van der Waals surface area contributed by atoms with Gasteiger partial charge < -0.3 is 20.1 Å². The molecule has 27 heavy (non-hydrogen) atoms. The van der Waals surface area contributed by atoms with Crippen molar-refractivity contribution in [3.63, 3.8) is 0 Å². The minimum Gasteiger partial charge on any atom is -0.459 e. The lowest BCUT2D eigenvalue weighted by Crippen LogP contribution is -2.86. The number of amides is 1. The average molecular weight is 384 g/mol.